The largest absolute Gasteiger partial charge is 0.459 e. The number of carbonyl (C=O) groups excluding carboxylic acids is 2. The van der Waals surface area contributed by atoms with Crippen LogP contribution in [0.25, 0.3) is 0 Å². The van der Waals surface area contributed by atoms with E-state index in [9.17, 15) is 18.0 Å². The summed E-state index contributed by atoms with van der Waals surface area (Å²) in [7, 11) is -3.62. The highest BCUT2D eigenvalue weighted by molar-refractivity contribution is 7.86. The van der Waals surface area contributed by atoms with Crippen LogP contribution in [0, 0.1) is 0 Å². The summed E-state index contributed by atoms with van der Waals surface area (Å²) in [4.78, 5) is 23.5. The summed E-state index contributed by atoms with van der Waals surface area (Å²) >= 11 is 0. The first-order chi connectivity index (χ1) is 10.9. The van der Waals surface area contributed by atoms with Gasteiger partial charge in [0.25, 0.3) is 0 Å². The van der Waals surface area contributed by atoms with Crippen molar-refractivity contribution in [3.8, 4) is 5.75 Å². The van der Waals surface area contributed by atoms with Crippen molar-refractivity contribution in [1.29, 1.82) is 0 Å². The lowest BCUT2D eigenvalue weighted by Crippen LogP contribution is -2.34. The number of amides is 1. The topological polar surface area (TPSA) is 98.8 Å². The van der Waals surface area contributed by atoms with Crippen LogP contribution in [0.2, 0.25) is 0 Å². The van der Waals surface area contributed by atoms with Crippen LogP contribution < -0.4 is 9.50 Å². The Balaban J connectivity index is 3.01. The SMILES string of the molecule is CC(=O)NCC(C(=O)OC(C)(C)C)c1ccc(OS(C)(=O)=O)cc1. The van der Waals surface area contributed by atoms with Gasteiger partial charge in [-0.05, 0) is 38.5 Å². The summed E-state index contributed by atoms with van der Waals surface area (Å²) in [5.41, 5.74) is -0.0795. The van der Waals surface area contributed by atoms with Crippen molar-refractivity contribution in [2.45, 2.75) is 39.2 Å². The molecule has 24 heavy (non-hydrogen) atoms. The third-order valence-electron chi connectivity index (χ3n) is 2.78. The summed E-state index contributed by atoms with van der Waals surface area (Å²) in [6.45, 7) is 6.70. The number of hydrogen-bond donors (Lipinski definition) is 1. The molecule has 0 saturated heterocycles. The Hall–Kier alpha value is -2.09. The molecule has 1 amide bonds. The first kappa shape index (κ1) is 20.0. The highest BCUT2D eigenvalue weighted by Crippen LogP contribution is 2.23. The number of rotatable bonds is 6. The molecule has 0 aliphatic rings. The van der Waals surface area contributed by atoms with E-state index in [1.807, 2.05) is 0 Å². The molecule has 0 saturated carbocycles. The number of ether oxygens (including phenoxy) is 1. The van der Waals surface area contributed by atoms with Gasteiger partial charge in [-0.15, -0.1) is 0 Å². The number of hydrogen-bond acceptors (Lipinski definition) is 6. The van der Waals surface area contributed by atoms with Gasteiger partial charge in [0.2, 0.25) is 5.91 Å². The second kappa shape index (κ2) is 7.65. The van der Waals surface area contributed by atoms with Crippen LogP contribution in [0.5, 0.6) is 5.75 Å². The van der Waals surface area contributed by atoms with Crippen molar-refractivity contribution in [2.75, 3.05) is 12.8 Å². The monoisotopic (exact) mass is 357 g/mol. The molecule has 8 heteroatoms. The van der Waals surface area contributed by atoms with Crippen LogP contribution in [-0.4, -0.2) is 38.7 Å². The molecule has 1 atom stereocenters. The Kier molecular flexibility index (Phi) is 6.36. The zero-order valence-electron chi connectivity index (χ0n) is 14.5. The summed E-state index contributed by atoms with van der Waals surface area (Å²) in [6.07, 6.45) is 0.946. The number of nitrogens with one attached hydrogen (secondary N) is 1. The number of benzene rings is 1. The average molecular weight is 357 g/mol. The van der Waals surface area contributed by atoms with Gasteiger partial charge in [0.1, 0.15) is 11.4 Å². The first-order valence-electron chi connectivity index (χ1n) is 7.34. The lowest BCUT2D eigenvalue weighted by Gasteiger charge is -2.24. The van der Waals surface area contributed by atoms with Crippen LogP contribution in [0.1, 0.15) is 39.2 Å². The summed E-state index contributed by atoms with van der Waals surface area (Å²) in [6, 6.07) is 6.02. The van der Waals surface area contributed by atoms with Gasteiger partial charge in [-0.2, -0.15) is 8.42 Å². The van der Waals surface area contributed by atoms with E-state index in [1.165, 1.54) is 19.1 Å². The van der Waals surface area contributed by atoms with E-state index in [1.54, 1.807) is 32.9 Å². The van der Waals surface area contributed by atoms with Crippen molar-refractivity contribution in [2.24, 2.45) is 0 Å². The quantitative estimate of drug-likeness (QED) is 0.613. The fraction of sp³-hybridized carbons (Fsp3) is 0.500. The van der Waals surface area contributed by atoms with E-state index >= 15 is 0 Å². The van der Waals surface area contributed by atoms with Crippen LogP contribution >= 0.6 is 0 Å². The Morgan fingerprint density at radius 1 is 1.17 bits per heavy atom. The zero-order valence-corrected chi connectivity index (χ0v) is 15.3. The molecule has 0 aliphatic carbocycles. The van der Waals surface area contributed by atoms with Crippen LogP contribution in [0.4, 0.5) is 0 Å². The van der Waals surface area contributed by atoms with E-state index in [0.717, 1.165) is 6.26 Å². The maximum atomic E-state index is 12.4. The second-order valence-corrected chi connectivity index (χ2v) is 7.95. The molecule has 1 rings (SSSR count). The molecule has 0 spiro atoms. The molecular formula is C16H23NO6S. The molecule has 1 N–H and O–H groups in total. The van der Waals surface area contributed by atoms with Gasteiger partial charge in [0.05, 0.1) is 12.2 Å². The maximum absolute atomic E-state index is 12.4. The lowest BCUT2D eigenvalue weighted by molar-refractivity contribution is -0.156. The minimum Gasteiger partial charge on any atom is -0.459 e. The van der Waals surface area contributed by atoms with E-state index in [-0.39, 0.29) is 18.2 Å². The van der Waals surface area contributed by atoms with Crippen LogP contribution in [0.3, 0.4) is 0 Å². The van der Waals surface area contributed by atoms with E-state index in [0.29, 0.717) is 5.56 Å². The molecule has 1 aromatic rings. The van der Waals surface area contributed by atoms with Crippen LogP contribution in [0.15, 0.2) is 24.3 Å². The summed E-state index contributed by atoms with van der Waals surface area (Å²) in [5, 5.41) is 2.60. The Bertz CT molecular complexity index is 688. The third-order valence-corrected chi connectivity index (χ3v) is 3.27. The van der Waals surface area contributed by atoms with Gasteiger partial charge in [0, 0.05) is 13.5 Å². The molecule has 7 nitrogen and oxygen atoms in total. The van der Waals surface area contributed by atoms with Gasteiger partial charge in [-0.3, -0.25) is 9.59 Å². The molecule has 0 aromatic heterocycles. The Labute approximate surface area is 142 Å². The molecule has 0 heterocycles. The molecule has 0 radical (unpaired) electrons. The smallest absolute Gasteiger partial charge is 0.315 e. The predicted molar refractivity (Wildman–Crippen MR) is 89.2 cm³/mol. The van der Waals surface area contributed by atoms with Gasteiger partial charge in [0.15, 0.2) is 0 Å². The number of carbonyl (C=O) groups is 2. The maximum Gasteiger partial charge on any atom is 0.315 e. The predicted octanol–water partition coefficient (Wildman–Crippen LogP) is 1.59. The highest BCUT2D eigenvalue weighted by Gasteiger charge is 2.27. The van der Waals surface area contributed by atoms with E-state index < -0.39 is 27.6 Å². The van der Waals surface area contributed by atoms with Crippen molar-refractivity contribution in [1.82, 2.24) is 5.32 Å². The standard InChI is InChI=1S/C16H23NO6S/c1-11(18)17-10-14(15(19)22-16(2,3)4)12-6-8-13(9-7-12)23-24(5,20)21/h6-9,14H,10H2,1-5H3,(H,17,18). The van der Waals surface area contributed by atoms with Crippen molar-refractivity contribution in [3.05, 3.63) is 29.8 Å². The molecule has 0 fully saturated rings. The minimum atomic E-state index is -3.62. The van der Waals surface area contributed by atoms with Crippen LogP contribution in [-0.2, 0) is 24.4 Å². The third kappa shape index (κ3) is 7.45. The van der Waals surface area contributed by atoms with Crippen molar-refractivity contribution >= 4 is 22.0 Å². The fourth-order valence-corrected chi connectivity index (χ4v) is 2.35. The summed E-state index contributed by atoms with van der Waals surface area (Å²) < 4.78 is 32.4. The first-order valence-corrected chi connectivity index (χ1v) is 9.16. The normalized spacial score (nSPS) is 13.0. The molecule has 134 valence electrons. The molecule has 0 bridgehead atoms. The molecule has 1 unspecified atom stereocenters. The highest BCUT2D eigenvalue weighted by atomic mass is 32.2. The number of esters is 1. The summed E-state index contributed by atoms with van der Waals surface area (Å²) in [5.74, 6) is -1.31. The fourth-order valence-electron chi connectivity index (χ4n) is 1.89. The second-order valence-electron chi connectivity index (χ2n) is 6.38. The molecular weight excluding hydrogens is 334 g/mol. The zero-order chi connectivity index (χ0) is 18.5. The molecule has 1 aromatic carbocycles. The molecule has 0 aliphatic heterocycles. The van der Waals surface area contributed by atoms with E-state index in [4.69, 9.17) is 8.92 Å². The Morgan fingerprint density at radius 2 is 1.71 bits per heavy atom. The van der Waals surface area contributed by atoms with Gasteiger partial charge >= 0.3 is 16.1 Å². The Morgan fingerprint density at radius 3 is 2.12 bits per heavy atom. The minimum absolute atomic E-state index is 0.0799. The average Bonchev–Trinajstić information content (AvgIpc) is 2.36. The van der Waals surface area contributed by atoms with E-state index in [2.05, 4.69) is 5.32 Å². The van der Waals surface area contributed by atoms with Gasteiger partial charge < -0.3 is 14.2 Å². The van der Waals surface area contributed by atoms with Crippen molar-refractivity contribution < 1.29 is 26.9 Å². The lowest BCUT2D eigenvalue weighted by atomic mass is 9.98. The van der Waals surface area contributed by atoms with Crippen molar-refractivity contribution in [3.63, 3.8) is 0 Å². The van der Waals surface area contributed by atoms with Gasteiger partial charge in [-0.1, -0.05) is 12.1 Å². The van der Waals surface area contributed by atoms with Gasteiger partial charge in [-0.25, -0.2) is 0 Å².